The van der Waals surface area contributed by atoms with Crippen molar-refractivity contribution in [1.29, 1.82) is 0 Å². The van der Waals surface area contributed by atoms with Crippen LogP contribution in [-0.2, 0) is 4.79 Å². The maximum Gasteiger partial charge on any atom is 0.220 e. The Morgan fingerprint density at radius 3 is 2.71 bits per heavy atom. The molecule has 4 heteroatoms. The highest BCUT2D eigenvalue weighted by molar-refractivity contribution is 5.76. The molecule has 2 N–H and O–H groups in total. The fourth-order valence-corrected chi connectivity index (χ4v) is 3.55. The Morgan fingerprint density at radius 1 is 1.25 bits per heavy atom. The molecule has 1 heterocycles. The molecule has 1 aliphatic rings. The van der Waals surface area contributed by atoms with Gasteiger partial charge in [-0.2, -0.15) is 0 Å². The zero-order chi connectivity index (χ0) is 16.8. The van der Waals surface area contributed by atoms with Crippen molar-refractivity contribution in [2.45, 2.75) is 57.9 Å². The quantitative estimate of drug-likeness (QED) is 0.814. The Hall–Kier alpha value is -2.10. The van der Waals surface area contributed by atoms with E-state index >= 15 is 0 Å². The Balaban J connectivity index is 1.61. The monoisotopic (exact) mass is 325 g/mol. The molecule has 1 aliphatic carbocycles. The van der Waals surface area contributed by atoms with Gasteiger partial charge in [0.2, 0.25) is 5.91 Å². The van der Waals surface area contributed by atoms with Crippen LogP contribution in [0.3, 0.4) is 0 Å². The fraction of sp³-hybridized carbons (Fsp3) is 0.500. The summed E-state index contributed by atoms with van der Waals surface area (Å²) in [6.07, 6.45) is 9.60. The SMILES string of the molecule is CCC(NC(=O)CC1CCCCC1)c1ncc(-c2ccccc2)[nH]1. The Morgan fingerprint density at radius 2 is 2.00 bits per heavy atom. The third-order valence-electron chi connectivity index (χ3n) is 4.95. The van der Waals surface area contributed by atoms with Gasteiger partial charge >= 0.3 is 0 Å². The van der Waals surface area contributed by atoms with Gasteiger partial charge in [0.15, 0.2) is 0 Å². The minimum absolute atomic E-state index is 0.0430. The Bertz CT molecular complexity index is 644. The summed E-state index contributed by atoms with van der Waals surface area (Å²) in [6.45, 7) is 2.08. The third-order valence-corrected chi connectivity index (χ3v) is 4.95. The summed E-state index contributed by atoms with van der Waals surface area (Å²) in [5.74, 6) is 1.56. The largest absolute Gasteiger partial charge is 0.346 e. The van der Waals surface area contributed by atoms with Gasteiger partial charge in [-0.3, -0.25) is 4.79 Å². The molecular weight excluding hydrogens is 298 g/mol. The number of benzene rings is 1. The van der Waals surface area contributed by atoms with E-state index in [0.717, 1.165) is 23.5 Å². The number of imidazole rings is 1. The molecule has 1 aromatic carbocycles. The standard InChI is InChI=1S/C20H27N3O/c1-2-17(22-19(24)13-15-9-5-3-6-10-15)20-21-14-18(23-20)16-11-7-4-8-12-16/h4,7-8,11-12,14-15,17H,2-3,5-6,9-10,13H2,1H3,(H,21,23)(H,22,24). The van der Waals surface area contributed by atoms with Crippen molar-refractivity contribution in [3.05, 3.63) is 42.4 Å². The molecule has 2 aromatic rings. The van der Waals surface area contributed by atoms with Gasteiger partial charge in [-0.25, -0.2) is 4.98 Å². The number of carbonyl (C=O) groups is 1. The number of hydrogen-bond acceptors (Lipinski definition) is 2. The summed E-state index contributed by atoms with van der Waals surface area (Å²) < 4.78 is 0. The van der Waals surface area contributed by atoms with Gasteiger partial charge in [-0.15, -0.1) is 0 Å². The molecular formula is C20H27N3O. The number of hydrogen-bond donors (Lipinski definition) is 2. The van der Waals surface area contributed by atoms with Gasteiger partial charge in [0, 0.05) is 6.42 Å². The van der Waals surface area contributed by atoms with Crippen LogP contribution in [-0.4, -0.2) is 15.9 Å². The number of nitrogens with one attached hydrogen (secondary N) is 2. The van der Waals surface area contributed by atoms with Gasteiger partial charge in [0.1, 0.15) is 5.82 Å². The van der Waals surface area contributed by atoms with Crippen molar-refractivity contribution in [2.75, 3.05) is 0 Å². The first kappa shape index (κ1) is 16.7. The average molecular weight is 325 g/mol. The highest BCUT2D eigenvalue weighted by Crippen LogP contribution is 2.27. The number of aromatic amines is 1. The van der Waals surface area contributed by atoms with Gasteiger partial charge in [-0.1, -0.05) is 56.5 Å². The minimum atomic E-state index is -0.0430. The number of H-pyrrole nitrogens is 1. The Kier molecular flexibility index (Phi) is 5.68. The average Bonchev–Trinajstić information content (AvgIpc) is 3.11. The molecule has 3 rings (SSSR count). The van der Waals surface area contributed by atoms with Crippen LogP contribution in [0.25, 0.3) is 11.3 Å². The molecule has 1 unspecified atom stereocenters. The zero-order valence-corrected chi connectivity index (χ0v) is 14.4. The van der Waals surface area contributed by atoms with E-state index in [2.05, 4.69) is 34.3 Å². The second kappa shape index (κ2) is 8.13. The lowest BCUT2D eigenvalue weighted by atomic mass is 9.87. The van der Waals surface area contributed by atoms with Crippen LogP contribution >= 0.6 is 0 Å². The predicted octanol–water partition coefficient (Wildman–Crippen LogP) is 4.61. The number of aromatic nitrogens is 2. The minimum Gasteiger partial charge on any atom is -0.346 e. The summed E-state index contributed by atoms with van der Waals surface area (Å²) in [4.78, 5) is 20.2. The molecule has 4 nitrogen and oxygen atoms in total. The first-order valence-corrected chi connectivity index (χ1v) is 9.16. The fourth-order valence-electron chi connectivity index (χ4n) is 3.55. The van der Waals surface area contributed by atoms with Crippen LogP contribution in [0.15, 0.2) is 36.5 Å². The summed E-state index contributed by atoms with van der Waals surface area (Å²) in [7, 11) is 0. The van der Waals surface area contributed by atoms with Crippen molar-refractivity contribution in [2.24, 2.45) is 5.92 Å². The van der Waals surface area contributed by atoms with E-state index in [9.17, 15) is 4.79 Å². The van der Waals surface area contributed by atoms with Gasteiger partial charge in [-0.05, 0) is 30.7 Å². The predicted molar refractivity (Wildman–Crippen MR) is 96.4 cm³/mol. The lowest BCUT2D eigenvalue weighted by Gasteiger charge is -2.22. The lowest BCUT2D eigenvalue weighted by Crippen LogP contribution is -2.30. The van der Waals surface area contributed by atoms with E-state index in [1.54, 1.807) is 0 Å². The molecule has 1 amide bonds. The van der Waals surface area contributed by atoms with Crippen molar-refractivity contribution >= 4 is 5.91 Å². The van der Waals surface area contributed by atoms with Crippen LogP contribution in [0.4, 0.5) is 0 Å². The van der Waals surface area contributed by atoms with E-state index in [1.165, 1.54) is 32.1 Å². The van der Waals surface area contributed by atoms with Crippen LogP contribution in [0.5, 0.6) is 0 Å². The molecule has 0 bridgehead atoms. The molecule has 128 valence electrons. The van der Waals surface area contributed by atoms with Crippen molar-refractivity contribution in [3.8, 4) is 11.3 Å². The molecule has 1 aromatic heterocycles. The van der Waals surface area contributed by atoms with Gasteiger partial charge in [0.25, 0.3) is 0 Å². The molecule has 0 aliphatic heterocycles. The van der Waals surface area contributed by atoms with Crippen LogP contribution in [0.2, 0.25) is 0 Å². The zero-order valence-electron chi connectivity index (χ0n) is 14.4. The normalized spacial score (nSPS) is 16.7. The van der Waals surface area contributed by atoms with E-state index in [4.69, 9.17) is 0 Å². The van der Waals surface area contributed by atoms with E-state index < -0.39 is 0 Å². The van der Waals surface area contributed by atoms with Crippen molar-refractivity contribution < 1.29 is 4.79 Å². The highest BCUT2D eigenvalue weighted by Gasteiger charge is 2.20. The van der Waals surface area contributed by atoms with E-state index in [1.807, 2.05) is 24.4 Å². The summed E-state index contributed by atoms with van der Waals surface area (Å²) >= 11 is 0. The molecule has 1 fully saturated rings. The maximum atomic E-state index is 12.4. The lowest BCUT2D eigenvalue weighted by molar-refractivity contribution is -0.123. The highest BCUT2D eigenvalue weighted by atomic mass is 16.1. The summed E-state index contributed by atoms with van der Waals surface area (Å²) in [5, 5.41) is 3.16. The topological polar surface area (TPSA) is 57.8 Å². The van der Waals surface area contributed by atoms with Crippen LogP contribution < -0.4 is 5.32 Å². The van der Waals surface area contributed by atoms with Gasteiger partial charge < -0.3 is 10.3 Å². The first-order chi connectivity index (χ1) is 11.8. The van der Waals surface area contributed by atoms with Crippen LogP contribution in [0, 0.1) is 5.92 Å². The smallest absolute Gasteiger partial charge is 0.220 e. The van der Waals surface area contributed by atoms with Crippen LogP contribution in [0.1, 0.15) is 63.7 Å². The molecule has 1 atom stereocenters. The van der Waals surface area contributed by atoms with E-state index in [-0.39, 0.29) is 11.9 Å². The molecule has 0 radical (unpaired) electrons. The van der Waals surface area contributed by atoms with E-state index in [0.29, 0.717) is 12.3 Å². The molecule has 1 saturated carbocycles. The number of rotatable bonds is 6. The molecule has 24 heavy (non-hydrogen) atoms. The van der Waals surface area contributed by atoms with Gasteiger partial charge in [0.05, 0.1) is 17.9 Å². The molecule has 0 spiro atoms. The summed E-state index contributed by atoms with van der Waals surface area (Å²) in [5.41, 5.74) is 2.10. The second-order valence-electron chi connectivity index (χ2n) is 6.78. The number of nitrogens with zero attached hydrogens (tertiary/aromatic N) is 1. The second-order valence-corrected chi connectivity index (χ2v) is 6.78. The number of carbonyl (C=O) groups excluding carboxylic acids is 1. The molecule has 0 saturated heterocycles. The summed E-state index contributed by atoms with van der Waals surface area (Å²) in [6, 6.07) is 10.1. The third kappa shape index (κ3) is 4.25. The van der Waals surface area contributed by atoms with Crippen molar-refractivity contribution in [1.82, 2.24) is 15.3 Å². The Labute approximate surface area is 144 Å². The number of amides is 1. The first-order valence-electron chi connectivity index (χ1n) is 9.16. The van der Waals surface area contributed by atoms with Crippen molar-refractivity contribution in [3.63, 3.8) is 0 Å². The maximum absolute atomic E-state index is 12.4.